The smallest absolute Gasteiger partial charge is 0.410 e. The first kappa shape index (κ1) is 15.2. The van der Waals surface area contributed by atoms with Crippen LogP contribution < -0.4 is 0 Å². The molecule has 1 atom stereocenters. The van der Waals surface area contributed by atoms with Crippen LogP contribution >= 0.6 is 11.8 Å². The molecule has 1 saturated heterocycles. The molecule has 0 N–H and O–H groups in total. The van der Waals surface area contributed by atoms with E-state index in [0.717, 1.165) is 11.3 Å². The number of thioether (sulfide) groups is 1. The van der Waals surface area contributed by atoms with Crippen LogP contribution in [0.1, 0.15) is 27.2 Å². The van der Waals surface area contributed by atoms with Gasteiger partial charge in [0.2, 0.25) is 0 Å². The highest BCUT2D eigenvalue weighted by Gasteiger charge is 2.30. The van der Waals surface area contributed by atoms with Gasteiger partial charge in [0.05, 0.1) is 0 Å². The summed E-state index contributed by atoms with van der Waals surface area (Å²) in [7, 11) is 0. The molecule has 110 valence electrons. The van der Waals surface area contributed by atoms with Crippen molar-refractivity contribution in [2.24, 2.45) is 0 Å². The van der Waals surface area contributed by atoms with Crippen LogP contribution in [0, 0.1) is 5.82 Å². The van der Waals surface area contributed by atoms with Crippen molar-refractivity contribution in [3.05, 3.63) is 30.1 Å². The van der Waals surface area contributed by atoms with E-state index in [9.17, 15) is 9.18 Å². The number of nitrogens with zero attached hydrogens (tertiary/aromatic N) is 1. The fourth-order valence-corrected chi connectivity index (χ4v) is 3.18. The fourth-order valence-electron chi connectivity index (χ4n) is 2.02. The van der Waals surface area contributed by atoms with Gasteiger partial charge >= 0.3 is 6.09 Å². The molecule has 1 heterocycles. The van der Waals surface area contributed by atoms with Crippen LogP contribution in [0.15, 0.2) is 29.2 Å². The van der Waals surface area contributed by atoms with Crippen molar-refractivity contribution in [3.63, 3.8) is 0 Å². The van der Waals surface area contributed by atoms with E-state index in [2.05, 4.69) is 0 Å². The molecule has 1 amide bonds. The lowest BCUT2D eigenvalue weighted by atomic mass is 10.2. The molecule has 0 radical (unpaired) electrons. The van der Waals surface area contributed by atoms with E-state index < -0.39 is 5.60 Å². The fraction of sp³-hybridized carbons (Fsp3) is 0.533. The van der Waals surface area contributed by atoms with Crippen molar-refractivity contribution < 1.29 is 13.9 Å². The summed E-state index contributed by atoms with van der Waals surface area (Å²) in [4.78, 5) is 14.7. The zero-order chi connectivity index (χ0) is 14.8. The molecule has 0 aliphatic carbocycles. The van der Waals surface area contributed by atoms with Crippen LogP contribution in [0.2, 0.25) is 0 Å². The predicted molar refractivity (Wildman–Crippen MR) is 78.5 cm³/mol. The average molecular weight is 297 g/mol. The second-order valence-corrected chi connectivity index (χ2v) is 7.28. The molecule has 1 aromatic rings. The molecule has 1 aliphatic rings. The summed E-state index contributed by atoms with van der Waals surface area (Å²) in [6, 6.07) is 6.47. The summed E-state index contributed by atoms with van der Waals surface area (Å²) < 4.78 is 18.2. The third-order valence-electron chi connectivity index (χ3n) is 2.91. The normalized spacial score (nSPS) is 19.2. The van der Waals surface area contributed by atoms with Crippen molar-refractivity contribution in [1.82, 2.24) is 4.90 Å². The summed E-state index contributed by atoms with van der Waals surface area (Å²) in [5, 5.41) is 0.341. The molecule has 1 aromatic carbocycles. The van der Waals surface area contributed by atoms with Crippen LogP contribution in [-0.4, -0.2) is 34.9 Å². The van der Waals surface area contributed by atoms with Gasteiger partial charge in [-0.3, -0.25) is 0 Å². The van der Waals surface area contributed by atoms with Crippen LogP contribution in [0.5, 0.6) is 0 Å². The Bertz CT molecular complexity index is 470. The Morgan fingerprint density at radius 3 is 2.60 bits per heavy atom. The lowest BCUT2D eigenvalue weighted by Gasteiger charge is -2.24. The number of hydrogen-bond donors (Lipinski definition) is 0. The number of benzene rings is 1. The van der Waals surface area contributed by atoms with E-state index in [4.69, 9.17) is 4.74 Å². The van der Waals surface area contributed by atoms with Gasteiger partial charge in [0.25, 0.3) is 0 Å². The van der Waals surface area contributed by atoms with Gasteiger partial charge in [-0.2, -0.15) is 0 Å². The van der Waals surface area contributed by atoms with Crippen molar-refractivity contribution in [2.45, 2.75) is 42.9 Å². The quantitative estimate of drug-likeness (QED) is 0.828. The van der Waals surface area contributed by atoms with E-state index >= 15 is 0 Å². The first-order chi connectivity index (χ1) is 9.33. The minimum absolute atomic E-state index is 0.226. The summed E-state index contributed by atoms with van der Waals surface area (Å²) >= 11 is 1.68. The largest absolute Gasteiger partial charge is 0.444 e. The van der Waals surface area contributed by atoms with Crippen molar-refractivity contribution >= 4 is 17.9 Å². The lowest BCUT2D eigenvalue weighted by molar-refractivity contribution is 0.0295. The Balaban J connectivity index is 1.86. The Morgan fingerprint density at radius 2 is 2.00 bits per heavy atom. The van der Waals surface area contributed by atoms with Crippen LogP contribution in [0.3, 0.4) is 0 Å². The second kappa shape index (κ2) is 6.04. The monoisotopic (exact) mass is 297 g/mol. The molecule has 1 fully saturated rings. The van der Waals surface area contributed by atoms with Crippen molar-refractivity contribution in [1.29, 1.82) is 0 Å². The third kappa shape index (κ3) is 4.40. The van der Waals surface area contributed by atoms with E-state index in [0.29, 0.717) is 18.3 Å². The van der Waals surface area contributed by atoms with Gasteiger partial charge in [0, 0.05) is 23.2 Å². The van der Waals surface area contributed by atoms with Crippen LogP contribution in [0.4, 0.5) is 9.18 Å². The van der Waals surface area contributed by atoms with E-state index in [1.165, 1.54) is 12.1 Å². The Hall–Kier alpha value is -1.23. The van der Waals surface area contributed by atoms with Crippen LogP contribution in [-0.2, 0) is 4.74 Å². The first-order valence-corrected chi connectivity index (χ1v) is 7.61. The molecule has 3 nitrogen and oxygen atoms in total. The topological polar surface area (TPSA) is 29.5 Å². The molecule has 0 saturated carbocycles. The molecule has 20 heavy (non-hydrogen) atoms. The highest BCUT2D eigenvalue weighted by Crippen LogP contribution is 2.30. The average Bonchev–Trinajstić information content (AvgIpc) is 2.79. The van der Waals surface area contributed by atoms with Gasteiger partial charge in [-0.25, -0.2) is 9.18 Å². The number of ether oxygens (including phenoxy) is 1. The van der Waals surface area contributed by atoms with Gasteiger partial charge in [0.1, 0.15) is 11.4 Å². The molecule has 2 rings (SSSR count). The van der Waals surface area contributed by atoms with E-state index in [-0.39, 0.29) is 11.9 Å². The Morgan fingerprint density at radius 1 is 1.35 bits per heavy atom. The molecule has 0 spiro atoms. The minimum Gasteiger partial charge on any atom is -0.444 e. The number of halogens is 1. The maximum absolute atomic E-state index is 12.8. The number of carbonyl (C=O) groups excluding carboxylic acids is 1. The maximum Gasteiger partial charge on any atom is 0.410 e. The van der Waals surface area contributed by atoms with Gasteiger partial charge in [-0.15, -0.1) is 11.8 Å². The molecule has 5 heteroatoms. The number of carbonyl (C=O) groups is 1. The minimum atomic E-state index is -0.459. The number of likely N-dealkylation sites (tertiary alicyclic amines) is 1. The number of hydrogen-bond acceptors (Lipinski definition) is 3. The zero-order valence-electron chi connectivity index (χ0n) is 12.1. The predicted octanol–water partition coefficient (Wildman–Crippen LogP) is 3.93. The van der Waals surface area contributed by atoms with Gasteiger partial charge in [0.15, 0.2) is 0 Å². The lowest BCUT2D eigenvalue weighted by Crippen LogP contribution is -2.35. The molecular weight excluding hydrogens is 277 g/mol. The molecule has 0 bridgehead atoms. The summed E-state index contributed by atoms with van der Waals surface area (Å²) in [5.74, 6) is -0.226. The Kier molecular flexibility index (Phi) is 4.58. The second-order valence-electron chi connectivity index (χ2n) is 5.91. The molecule has 0 aromatic heterocycles. The van der Waals surface area contributed by atoms with Gasteiger partial charge < -0.3 is 9.64 Å². The zero-order valence-corrected chi connectivity index (χ0v) is 12.9. The van der Waals surface area contributed by atoms with Crippen molar-refractivity contribution in [2.75, 3.05) is 13.1 Å². The number of rotatable bonds is 2. The SMILES string of the molecule is CC(C)(C)OC(=O)N1CC[C@H](Sc2ccc(F)cc2)C1. The van der Waals surface area contributed by atoms with E-state index in [1.807, 2.05) is 20.8 Å². The standard InChI is InChI=1S/C15H20FNO2S/c1-15(2,3)19-14(18)17-9-8-13(10-17)20-12-6-4-11(16)5-7-12/h4-7,13H,8-10H2,1-3H3/t13-/m0/s1. The molecule has 1 aliphatic heterocycles. The number of amides is 1. The molecular formula is C15H20FNO2S. The Labute approximate surface area is 123 Å². The van der Waals surface area contributed by atoms with Gasteiger partial charge in [-0.05, 0) is 51.5 Å². The molecule has 0 unspecified atom stereocenters. The maximum atomic E-state index is 12.8. The summed E-state index contributed by atoms with van der Waals surface area (Å²) in [6.07, 6.45) is 0.682. The third-order valence-corrected chi connectivity index (χ3v) is 4.18. The van der Waals surface area contributed by atoms with Gasteiger partial charge in [-0.1, -0.05) is 0 Å². The highest BCUT2D eigenvalue weighted by molar-refractivity contribution is 8.00. The van der Waals surface area contributed by atoms with Crippen molar-refractivity contribution in [3.8, 4) is 0 Å². The summed E-state index contributed by atoms with van der Waals surface area (Å²) in [5.41, 5.74) is -0.459. The van der Waals surface area contributed by atoms with Crippen LogP contribution in [0.25, 0.3) is 0 Å². The highest BCUT2D eigenvalue weighted by atomic mass is 32.2. The van der Waals surface area contributed by atoms with E-state index in [1.54, 1.807) is 28.8 Å². The summed E-state index contributed by atoms with van der Waals surface area (Å²) in [6.45, 7) is 6.99. The first-order valence-electron chi connectivity index (χ1n) is 6.74.